The van der Waals surface area contributed by atoms with Crippen molar-refractivity contribution in [1.82, 2.24) is 5.32 Å². The van der Waals surface area contributed by atoms with Crippen molar-refractivity contribution in [2.24, 2.45) is 10.9 Å². The standard InChI is InChI=1S/C14H23N3O/c1-11-6-5-7-13(10-11)12(2)16-9-4-3-8-14(15)17-18/h5-7,10,12,16,18H,3-4,8-9H2,1-2H3,(H2,15,17)/t12-/m1/s1. The summed E-state index contributed by atoms with van der Waals surface area (Å²) in [5.74, 6) is 0.307. The summed E-state index contributed by atoms with van der Waals surface area (Å²) in [6.07, 6.45) is 2.60. The lowest BCUT2D eigenvalue weighted by molar-refractivity contribution is 0.316. The highest BCUT2D eigenvalue weighted by molar-refractivity contribution is 5.79. The van der Waals surface area contributed by atoms with Crippen molar-refractivity contribution in [2.45, 2.75) is 39.2 Å². The SMILES string of the molecule is Cc1cccc([C@@H](C)NCCCC/C(N)=N/O)c1. The number of aryl methyl sites for hydroxylation is 1. The van der Waals surface area contributed by atoms with Crippen LogP contribution in [0.3, 0.4) is 0 Å². The molecule has 1 aromatic rings. The Labute approximate surface area is 109 Å². The topological polar surface area (TPSA) is 70.6 Å². The van der Waals surface area contributed by atoms with Crippen LogP contribution in [0.2, 0.25) is 0 Å². The van der Waals surface area contributed by atoms with Crippen LogP contribution in [0.15, 0.2) is 29.4 Å². The van der Waals surface area contributed by atoms with E-state index in [-0.39, 0.29) is 0 Å². The average molecular weight is 249 g/mol. The monoisotopic (exact) mass is 249 g/mol. The third kappa shape index (κ3) is 5.19. The fourth-order valence-corrected chi connectivity index (χ4v) is 1.86. The molecule has 0 unspecified atom stereocenters. The molecule has 0 spiro atoms. The molecule has 0 amide bonds. The van der Waals surface area contributed by atoms with Gasteiger partial charge in [-0.2, -0.15) is 0 Å². The van der Waals surface area contributed by atoms with Crippen LogP contribution in [-0.2, 0) is 0 Å². The third-order valence-corrected chi connectivity index (χ3v) is 2.98. The molecule has 100 valence electrons. The van der Waals surface area contributed by atoms with Gasteiger partial charge in [0.1, 0.15) is 5.84 Å². The maximum atomic E-state index is 8.40. The lowest BCUT2D eigenvalue weighted by Gasteiger charge is -2.14. The van der Waals surface area contributed by atoms with Crippen LogP contribution < -0.4 is 11.1 Å². The maximum Gasteiger partial charge on any atom is 0.139 e. The van der Waals surface area contributed by atoms with Crippen molar-refractivity contribution < 1.29 is 5.21 Å². The Morgan fingerprint density at radius 1 is 1.44 bits per heavy atom. The van der Waals surface area contributed by atoms with Crippen molar-refractivity contribution in [2.75, 3.05) is 6.54 Å². The second-order valence-corrected chi connectivity index (χ2v) is 4.64. The van der Waals surface area contributed by atoms with Crippen LogP contribution in [0.5, 0.6) is 0 Å². The number of nitrogens with zero attached hydrogens (tertiary/aromatic N) is 1. The molecule has 0 saturated heterocycles. The second kappa shape index (κ2) is 7.71. The van der Waals surface area contributed by atoms with Crippen LogP contribution in [0.1, 0.15) is 43.4 Å². The van der Waals surface area contributed by atoms with Gasteiger partial charge in [-0.15, -0.1) is 0 Å². The molecule has 4 N–H and O–H groups in total. The summed E-state index contributed by atoms with van der Waals surface area (Å²) in [6.45, 7) is 5.21. The zero-order valence-electron chi connectivity index (χ0n) is 11.2. The molecule has 18 heavy (non-hydrogen) atoms. The van der Waals surface area contributed by atoms with Gasteiger partial charge in [-0.3, -0.25) is 0 Å². The van der Waals surface area contributed by atoms with Crippen LogP contribution in [0.25, 0.3) is 0 Å². The Bertz CT molecular complexity index is 390. The first-order valence-corrected chi connectivity index (χ1v) is 6.40. The highest BCUT2D eigenvalue weighted by Crippen LogP contribution is 2.13. The van der Waals surface area contributed by atoms with E-state index in [1.54, 1.807) is 0 Å². The molecule has 0 aromatic heterocycles. The van der Waals surface area contributed by atoms with Crippen LogP contribution in [-0.4, -0.2) is 17.6 Å². The Kier molecular flexibility index (Phi) is 6.22. The van der Waals surface area contributed by atoms with Crippen molar-refractivity contribution in [3.8, 4) is 0 Å². The molecular weight excluding hydrogens is 226 g/mol. The summed E-state index contributed by atoms with van der Waals surface area (Å²) in [7, 11) is 0. The van der Waals surface area contributed by atoms with E-state index >= 15 is 0 Å². The van der Waals surface area contributed by atoms with E-state index in [0.29, 0.717) is 18.3 Å². The summed E-state index contributed by atoms with van der Waals surface area (Å²) in [6, 6.07) is 8.89. The predicted octanol–water partition coefficient (Wildman–Crippen LogP) is 2.56. The lowest BCUT2D eigenvalue weighted by atomic mass is 10.1. The van der Waals surface area contributed by atoms with E-state index in [2.05, 4.69) is 48.6 Å². The molecule has 0 aliphatic carbocycles. The highest BCUT2D eigenvalue weighted by atomic mass is 16.4. The molecule has 0 aliphatic rings. The summed E-state index contributed by atoms with van der Waals surface area (Å²) < 4.78 is 0. The largest absolute Gasteiger partial charge is 0.409 e. The van der Waals surface area contributed by atoms with Gasteiger partial charge in [0.15, 0.2) is 0 Å². The maximum absolute atomic E-state index is 8.40. The first-order valence-electron chi connectivity index (χ1n) is 6.40. The zero-order valence-corrected chi connectivity index (χ0v) is 11.2. The summed E-state index contributed by atoms with van der Waals surface area (Å²) in [5.41, 5.74) is 8.00. The van der Waals surface area contributed by atoms with Gasteiger partial charge in [0.25, 0.3) is 0 Å². The molecule has 1 atom stereocenters. The molecule has 0 saturated carbocycles. The summed E-state index contributed by atoms with van der Waals surface area (Å²) >= 11 is 0. The van der Waals surface area contributed by atoms with Crippen molar-refractivity contribution in [3.05, 3.63) is 35.4 Å². The number of unbranched alkanes of at least 4 members (excludes halogenated alkanes) is 1. The van der Waals surface area contributed by atoms with E-state index in [4.69, 9.17) is 10.9 Å². The fraction of sp³-hybridized carbons (Fsp3) is 0.500. The molecule has 0 aliphatic heterocycles. The molecule has 0 radical (unpaired) electrons. The molecule has 0 heterocycles. The Hall–Kier alpha value is -1.55. The minimum Gasteiger partial charge on any atom is -0.409 e. The molecule has 0 fully saturated rings. The Balaban J connectivity index is 2.23. The minimum absolute atomic E-state index is 0.307. The molecular formula is C14H23N3O. The van der Waals surface area contributed by atoms with Crippen molar-refractivity contribution in [1.29, 1.82) is 0 Å². The highest BCUT2D eigenvalue weighted by Gasteiger charge is 2.04. The van der Waals surface area contributed by atoms with Crippen molar-refractivity contribution >= 4 is 5.84 Å². The number of amidine groups is 1. The first kappa shape index (κ1) is 14.5. The van der Waals surface area contributed by atoms with Gasteiger partial charge in [0.2, 0.25) is 0 Å². The van der Waals surface area contributed by atoms with Gasteiger partial charge in [0, 0.05) is 12.5 Å². The van der Waals surface area contributed by atoms with Gasteiger partial charge in [-0.25, -0.2) is 0 Å². The number of hydrogen-bond acceptors (Lipinski definition) is 3. The van der Waals surface area contributed by atoms with Crippen LogP contribution in [0.4, 0.5) is 0 Å². The smallest absolute Gasteiger partial charge is 0.139 e. The third-order valence-electron chi connectivity index (χ3n) is 2.98. The Morgan fingerprint density at radius 3 is 2.89 bits per heavy atom. The number of benzene rings is 1. The van der Waals surface area contributed by atoms with Gasteiger partial charge in [0.05, 0.1) is 0 Å². The van der Waals surface area contributed by atoms with E-state index in [0.717, 1.165) is 19.4 Å². The minimum atomic E-state index is 0.307. The van der Waals surface area contributed by atoms with Gasteiger partial charge in [-0.05, 0) is 38.8 Å². The second-order valence-electron chi connectivity index (χ2n) is 4.64. The van der Waals surface area contributed by atoms with Crippen molar-refractivity contribution in [3.63, 3.8) is 0 Å². The lowest BCUT2D eigenvalue weighted by Crippen LogP contribution is -2.20. The number of nitrogens with two attached hydrogens (primary N) is 1. The fourth-order valence-electron chi connectivity index (χ4n) is 1.86. The average Bonchev–Trinajstić information content (AvgIpc) is 2.37. The number of rotatable bonds is 7. The van der Waals surface area contributed by atoms with E-state index in [1.165, 1.54) is 11.1 Å². The van der Waals surface area contributed by atoms with Crippen LogP contribution in [0, 0.1) is 6.92 Å². The normalized spacial score (nSPS) is 13.6. The Morgan fingerprint density at radius 2 is 2.22 bits per heavy atom. The molecule has 4 nitrogen and oxygen atoms in total. The molecule has 1 rings (SSSR count). The first-order chi connectivity index (χ1) is 8.63. The summed E-state index contributed by atoms with van der Waals surface area (Å²) in [5, 5.41) is 14.8. The summed E-state index contributed by atoms with van der Waals surface area (Å²) in [4.78, 5) is 0. The number of oxime groups is 1. The van der Waals surface area contributed by atoms with Gasteiger partial charge >= 0.3 is 0 Å². The predicted molar refractivity (Wildman–Crippen MR) is 74.9 cm³/mol. The van der Waals surface area contributed by atoms with Gasteiger partial charge in [-0.1, -0.05) is 35.0 Å². The molecule has 4 heteroatoms. The zero-order chi connectivity index (χ0) is 13.4. The van der Waals surface area contributed by atoms with Crippen LogP contribution >= 0.6 is 0 Å². The number of hydrogen-bond donors (Lipinski definition) is 3. The van der Waals surface area contributed by atoms with E-state index in [9.17, 15) is 0 Å². The van der Waals surface area contributed by atoms with Gasteiger partial charge < -0.3 is 16.3 Å². The quantitative estimate of drug-likeness (QED) is 0.229. The van der Waals surface area contributed by atoms with E-state index < -0.39 is 0 Å². The van der Waals surface area contributed by atoms with E-state index in [1.807, 2.05) is 0 Å². The number of nitrogens with one attached hydrogen (secondary N) is 1. The molecule has 1 aromatic carbocycles. The molecule has 0 bridgehead atoms.